The summed E-state index contributed by atoms with van der Waals surface area (Å²) in [7, 11) is 0. The third kappa shape index (κ3) is 7.25. The van der Waals surface area contributed by atoms with Gasteiger partial charge in [0.1, 0.15) is 24.5 Å². The van der Waals surface area contributed by atoms with Crippen LogP contribution in [0.5, 0.6) is 5.75 Å². The summed E-state index contributed by atoms with van der Waals surface area (Å²) in [4.78, 5) is 46.8. The first-order valence-electron chi connectivity index (χ1n) is 9.70. The van der Waals surface area contributed by atoms with E-state index in [0.29, 0.717) is 5.75 Å². The van der Waals surface area contributed by atoms with Gasteiger partial charge < -0.3 is 29.0 Å². The Labute approximate surface area is 180 Å². The van der Waals surface area contributed by atoms with Crippen molar-refractivity contribution in [3.8, 4) is 5.75 Å². The number of aryl methyl sites for hydroxylation is 1. The highest BCUT2D eigenvalue weighted by molar-refractivity contribution is 5.73. The van der Waals surface area contributed by atoms with Crippen LogP contribution in [-0.4, -0.2) is 61.1 Å². The fourth-order valence-corrected chi connectivity index (χ4v) is 3.21. The molecule has 0 aliphatic carbocycles. The number of nitrogens with one attached hydrogen (secondary N) is 1. The van der Waals surface area contributed by atoms with Crippen molar-refractivity contribution in [3.05, 3.63) is 29.8 Å². The van der Waals surface area contributed by atoms with E-state index in [1.807, 2.05) is 13.0 Å². The molecule has 2 rings (SSSR count). The second-order valence-corrected chi connectivity index (χ2v) is 7.15. The Morgan fingerprint density at radius 3 is 2.16 bits per heavy atom. The van der Waals surface area contributed by atoms with Crippen molar-refractivity contribution >= 4 is 23.8 Å². The zero-order chi connectivity index (χ0) is 23.1. The standard InChI is InChI=1S/C21H27NO9/c1-11-7-6-8-16(9-11)30-21-18(22-12(2)23)20(29-15(5)26)19(28-14(4)25)17(31-21)10-27-13(3)24/h6-9,17-21H,10H2,1-5H3,(H,22,23)/t17-,18+,19+,20+,21+/m0/s1. The van der Waals surface area contributed by atoms with Gasteiger partial charge in [0, 0.05) is 27.7 Å². The lowest BCUT2D eigenvalue weighted by Crippen LogP contribution is -2.67. The predicted octanol–water partition coefficient (Wildman–Crippen LogP) is 1.03. The molecule has 31 heavy (non-hydrogen) atoms. The van der Waals surface area contributed by atoms with Crippen molar-refractivity contribution in [2.45, 2.75) is 65.3 Å². The molecule has 170 valence electrons. The van der Waals surface area contributed by atoms with Crippen LogP contribution in [0.15, 0.2) is 24.3 Å². The predicted molar refractivity (Wildman–Crippen MR) is 106 cm³/mol. The van der Waals surface area contributed by atoms with E-state index in [1.165, 1.54) is 27.7 Å². The van der Waals surface area contributed by atoms with Crippen LogP contribution in [-0.2, 0) is 38.1 Å². The molecular weight excluding hydrogens is 410 g/mol. The van der Waals surface area contributed by atoms with Gasteiger partial charge in [-0.25, -0.2) is 0 Å². The van der Waals surface area contributed by atoms with Crippen LogP contribution in [0.2, 0.25) is 0 Å². The Balaban J connectivity index is 2.44. The molecule has 1 N–H and O–H groups in total. The molecular formula is C21H27NO9. The van der Waals surface area contributed by atoms with Crippen LogP contribution in [0.3, 0.4) is 0 Å². The van der Waals surface area contributed by atoms with Crippen molar-refractivity contribution < 1.29 is 42.9 Å². The lowest BCUT2D eigenvalue weighted by atomic mass is 9.96. The minimum absolute atomic E-state index is 0.286. The molecule has 0 unspecified atom stereocenters. The van der Waals surface area contributed by atoms with Gasteiger partial charge in [-0.2, -0.15) is 0 Å². The summed E-state index contributed by atoms with van der Waals surface area (Å²) in [6.45, 7) is 6.45. The van der Waals surface area contributed by atoms with Gasteiger partial charge in [-0.1, -0.05) is 12.1 Å². The van der Waals surface area contributed by atoms with Gasteiger partial charge in [0.25, 0.3) is 0 Å². The SMILES string of the molecule is CC(=O)N[C@H]1[C@H](Oc2cccc(C)c2)O[C@@H](COC(C)=O)[C@@H](OC(C)=O)[C@@H]1OC(C)=O. The fraction of sp³-hybridized carbons (Fsp3) is 0.524. The Morgan fingerprint density at radius 1 is 0.968 bits per heavy atom. The highest BCUT2D eigenvalue weighted by Gasteiger charge is 2.51. The van der Waals surface area contributed by atoms with E-state index in [0.717, 1.165) is 5.56 Å². The molecule has 0 radical (unpaired) electrons. The van der Waals surface area contributed by atoms with E-state index in [-0.39, 0.29) is 6.61 Å². The smallest absolute Gasteiger partial charge is 0.303 e. The van der Waals surface area contributed by atoms with Crippen LogP contribution < -0.4 is 10.1 Å². The second kappa shape index (κ2) is 10.8. The number of ether oxygens (including phenoxy) is 5. The number of hydrogen-bond donors (Lipinski definition) is 1. The average molecular weight is 437 g/mol. The summed E-state index contributed by atoms with van der Waals surface area (Å²) in [5.74, 6) is -1.91. The summed E-state index contributed by atoms with van der Waals surface area (Å²) in [5, 5.41) is 2.65. The third-order valence-corrected chi connectivity index (χ3v) is 4.31. The molecule has 0 spiro atoms. The molecule has 0 bridgehead atoms. The van der Waals surface area contributed by atoms with Crippen molar-refractivity contribution in [2.75, 3.05) is 6.61 Å². The molecule has 1 aliphatic rings. The van der Waals surface area contributed by atoms with Crippen molar-refractivity contribution in [2.24, 2.45) is 0 Å². The lowest BCUT2D eigenvalue weighted by molar-refractivity contribution is -0.257. The number of carbonyl (C=O) groups is 4. The maximum Gasteiger partial charge on any atom is 0.303 e. The van der Waals surface area contributed by atoms with Crippen LogP contribution in [0.1, 0.15) is 33.3 Å². The summed E-state index contributed by atoms with van der Waals surface area (Å²) in [5.41, 5.74) is 0.926. The molecule has 10 heteroatoms. The molecule has 1 aromatic rings. The van der Waals surface area contributed by atoms with Gasteiger partial charge in [0.15, 0.2) is 12.2 Å². The van der Waals surface area contributed by atoms with Crippen molar-refractivity contribution in [1.82, 2.24) is 5.32 Å². The fourth-order valence-electron chi connectivity index (χ4n) is 3.21. The Bertz CT molecular complexity index is 825. The zero-order valence-corrected chi connectivity index (χ0v) is 18.1. The molecule has 1 amide bonds. The van der Waals surface area contributed by atoms with Gasteiger partial charge >= 0.3 is 17.9 Å². The van der Waals surface area contributed by atoms with Crippen LogP contribution >= 0.6 is 0 Å². The van der Waals surface area contributed by atoms with Gasteiger partial charge in [0.2, 0.25) is 12.2 Å². The Morgan fingerprint density at radius 2 is 1.61 bits per heavy atom. The van der Waals surface area contributed by atoms with E-state index >= 15 is 0 Å². The van der Waals surface area contributed by atoms with Crippen molar-refractivity contribution in [1.29, 1.82) is 0 Å². The van der Waals surface area contributed by atoms with E-state index < -0.39 is 54.5 Å². The number of benzene rings is 1. The topological polar surface area (TPSA) is 126 Å². The maximum absolute atomic E-state index is 11.9. The Hall–Kier alpha value is -3.14. The monoisotopic (exact) mass is 437 g/mol. The molecule has 1 aliphatic heterocycles. The maximum atomic E-state index is 11.9. The zero-order valence-electron chi connectivity index (χ0n) is 18.1. The van der Waals surface area contributed by atoms with E-state index in [1.54, 1.807) is 18.2 Å². The van der Waals surface area contributed by atoms with Gasteiger partial charge in [-0.05, 0) is 24.6 Å². The molecule has 1 fully saturated rings. The van der Waals surface area contributed by atoms with Gasteiger partial charge in [-0.3, -0.25) is 19.2 Å². The molecule has 1 aromatic carbocycles. The number of rotatable bonds is 7. The average Bonchev–Trinajstić information content (AvgIpc) is 2.64. The van der Waals surface area contributed by atoms with Crippen LogP contribution in [0.4, 0.5) is 0 Å². The molecule has 0 saturated carbocycles. The Kier molecular flexibility index (Phi) is 8.38. The van der Waals surface area contributed by atoms with E-state index in [2.05, 4.69) is 5.32 Å². The minimum atomic E-state index is -1.16. The van der Waals surface area contributed by atoms with Crippen LogP contribution in [0, 0.1) is 6.92 Å². The summed E-state index contributed by atoms with van der Waals surface area (Å²) < 4.78 is 27.7. The lowest BCUT2D eigenvalue weighted by Gasteiger charge is -2.44. The summed E-state index contributed by atoms with van der Waals surface area (Å²) in [6.07, 6.45) is -4.47. The number of amides is 1. The first-order chi connectivity index (χ1) is 14.6. The minimum Gasteiger partial charge on any atom is -0.463 e. The quantitative estimate of drug-likeness (QED) is 0.491. The van der Waals surface area contributed by atoms with Gasteiger partial charge in [0.05, 0.1) is 0 Å². The van der Waals surface area contributed by atoms with Crippen molar-refractivity contribution in [3.63, 3.8) is 0 Å². The first kappa shape index (κ1) is 24.1. The number of hydrogen-bond acceptors (Lipinski definition) is 9. The largest absolute Gasteiger partial charge is 0.463 e. The third-order valence-electron chi connectivity index (χ3n) is 4.31. The van der Waals surface area contributed by atoms with Crippen LogP contribution in [0.25, 0.3) is 0 Å². The summed E-state index contributed by atoms with van der Waals surface area (Å²) >= 11 is 0. The van der Waals surface area contributed by atoms with E-state index in [9.17, 15) is 19.2 Å². The van der Waals surface area contributed by atoms with Gasteiger partial charge in [-0.15, -0.1) is 0 Å². The second-order valence-electron chi connectivity index (χ2n) is 7.15. The molecule has 1 heterocycles. The number of esters is 3. The molecule has 5 atom stereocenters. The molecule has 0 aromatic heterocycles. The summed E-state index contributed by atoms with van der Waals surface area (Å²) in [6, 6.07) is 6.10. The first-order valence-corrected chi connectivity index (χ1v) is 9.70. The molecule has 1 saturated heterocycles. The number of carbonyl (C=O) groups excluding carboxylic acids is 4. The highest BCUT2D eigenvalue weighted by atomic mass is 16.7. The normalized spacial score (nSPS) is 25.1. The van der Waals surface area contributed by atoms with E-state index in [4.69, 9.17) is 23.7 Å². The molecule has 10 nitrogen and oxygen atoms in total. The highest BCUT2D eigenvalue weighted by Crippen LogP contribution is 2.29.